The lowest BCUT2D eigenvalue weighted by Crippen LogP contribution is -2.43. The third-order valence-electron chi connectivity index (χ3n) is 3.58. The van der Waals surface area contributed by atoms with Crippen LogP contribution < -0.4 is 15.4 Å². The van der Waals surface area contributed by atoms with Crippen molar-refractivity contribution in [1.82, 2.24) is 10.6 Å². The SMILES string of the molecule is C[C@H](O)CC(C)(C)CNC(=O)N[C@@H]1COc2ccccc21. The quantitative estimate of drug-likeness (QED) is 0.779. The number of hydrogen-bond donors (Lipinski definition) is 3. The van der Waals surface area contributed by atoms with Crippen LogP contribution in [-0.4, -0.2) is 30.4 Å². The second kappa shape index (κ2) is 6.35. The lowest BCUT2D eigenvalue weighted by Gasteiger charge is -2.26. The third-order valence-corrected chi connectivity index (χ3v) is 3.58. The maximum atomic E-state index is 12.0. The fraction of sp³-hybridized carbons (Fsp3) is 0.562. The van der Waals surface area contributed by atoms with E-state index in [1.54, 1.807) is 6.92 Å². The monoisotopic (exact) mass is 292 g/mol. The van der Waals surface area contributed by atoms with E-state index < -0.39 is 0 Å². The molecule has 21 heavy (non-hydrogen) atoms. The van der Waals surface area contributed by atoms with Crippen molar-refractivity contribution in [2.24, 2.45) is 5.41 Å². The van der Waals surface area contributed by atoms with Crippen LogP contribution in [0.25, 0.3) is 0 Å². The zero-order valence-corrected chi connectivity index (χ0v) is 12.8. The van der Waals surface area contributed by atoms with E-state index in [-0.39, 0.29) is 23.6 Å². The fourth-order valence-corrected chi connectivity index (χ4v) is 2.68. The number of aliphatic hydroxyl groups excluding tert-OH is 1. The Bertz CT molecular complexity index is 500. The minimum Gasteiger partial charge on any atom is -0.491 e. The molecule has 5 heteroatoms. The van der Waals surface area contributed by atoms with Crippen LogP contribution in [0.4, 0.5) is 4.79 Å². The van der Waals surface area contributed by atoms with E-state index in [2.05, 4.69) is 10.6 Å². The molecule has 0 fully saturated rings. The second-order valence-electron chi connectivity index (χ2n) is 6.45. The van der Waals surface area contributed by atoms with Gasteiger partial charge in [0.2, 0.25) is 0 Å². The summed E-state index contributed by atoms with van der Waals surface area (Å²) in [6.45, 7) is 6.78. The molecule has 0 saturated carbocycles. The smallest absolute Gasteiger partial charge is 0.315 e. The number of carbonyl (C=O) groups is 1. The van der Waals surface area contributed by atoms with Crippen LogP contribution in [-0.2, 0) is 0 Å². The molecule has 1 aliphatic rings. The highest BCUT2D eigenvalue weighted by Gasteiger charge is 2.26. The number of nitrogens with one attached hydrogen (secondary N) is 2. The molecule has 116 valence electrons. The van der Waals surface area contributed by atoms with Gasteiger partial charge in [-0.05, 0) is 24.8 Å². The van der Waals surface area contributed by atoms with Crippen LogP contribution in [0.3, 0.4) is 0 Å². The molecule has 0 unspecified atom stereocenters. The molecule has 2 rings (SSSR count). The Morgan fingerprint density at radius 1 is 1.48 bits per heavy atom. The standard InChI is InChI=1S/C16H24N2O3/c1-11(19)8-16(2,3)10-17-15(20)18-13-9-21-14-7-5-4-6-12(13)14/h4-7,11,13,19H,8-10H2,1-3H3,(H2,17,18,20)/t11-,13+/m0/s1. The van der Waals surface area contributed by atoms with Gasteiger partial charge in [-0.2, -0.15) is 0 Å². The topological polar surface area (TPSA) is 70.6 Å². The molecule has 0 spiro atoms. The average Bonchev–Trinajstić information content (AvgIpc) is 2.79. The van der Waals surface area contributed by atoms with Crippen LogP contribution in [0, 0.1) is 5.41 Å². The first-order valence-corrected chi connectivity index (χ1v) is 7.31. The van der Waals surface area contributed by atoms with Gasteiger partial charge in [-0.1, -0.05) is 32.0 Å². The maximum absolute atomic E-state index is 12.0. The Morgan fingerprint density at radius 2 is 2.19 bits per heavy atom. The van der Waals surface area contributed by atoms with Gasteiger partial charge in [0, 0.05) is 12.1 Å². The molecule has 2 atom stereocenters. The van der Waals surface area contributed by atoms with Crippen molar-refractivity contribution in [3.8, 4) is 5.75 Å². The molecule has 0 radical (unpaired) electrons. The summed E-state index contributed by atoms with van der Waals surface area (Å²) in [7, 11) is 0. The Labute approximate surface area is 125 Å². The lowest BCUT2D eigenvalue weighted by molar-refractivity contribution is 0.128. The van der Waals surface area contributed by atoms with Crippen LogP contribution in [0.2, 0.25) is 0 Å². The molecule has 0 aromatic heterocycles. The Morgan fingerprint density at radius 3 is 2.90 bits per heavy atom. The molecule has 1 aromatic carbocycles. The predicted octanol–water partition coefficient (Wildman–Crippen LogP) is 2.22. The van der Waals surface area contributed by atoms with Crippen molar-refractivity contribution < 1.29 is 14.6 Å². The van der Waals surface area contributed by atoms with Gasteiger partial charge in [0.1, 0.15) is 12.4 Å². The molecule has 5 nitrogen and oxygen atoms in total. The average molecular weight is 292 g/mol. The van der Waals surface area contributed by atoms with Gasteiger partial charge in [0.15, 0.2) is 0 Å². The van der Waals surface area contributed by atoms with Gasteiger partial charge < -0.3 is 20.5 Å². The van der Waals surface area contributed by atoms with Gasteiger partial charge in [0.05, 0.1) is 12.1 Å². The van der Waals surface area contributed by atoms with Crippen LogP contribution in [0.1, 0.15) is 38.8 Å². The second-order valence-corrected chi connectivity index (χ2v) is 6.45. The van der Waals surface area contributed by atoms with Crippen molar-refractivity contribution in [2.75, 3.05) is 13.2 Å². The third kappa shape index (κ3) is 4.36. The maximum Gasteiger partial charge on any atom is 0.315 e. The fourth-order valence-electron chi connectivity index (χ4n) is 2.68. The number of para-hydroxylation sites is 1. The van der Waals surface area contributed by atoms with Crippen molar-refractivity contribution in [3.05, 3.63) is 29.8 Å². The van der Waals surface area contributed by atoms with Crippen molar-refractivity contribution in [2.45, 2.75) is 39.3 Å². The van der Waals surface area contributed by atoms with Crippen molar-refractivity contribution in [3.63, 3.8) is 0 Å². The van der Waals surface area contributed by atoms with Crippen LogP contribution in [0.15, 0.2) is 24.3 Å². The van der Waals surface area contributed by atoms with Crippen LogP contribution in [0.5, 0.6) is 5.75 Å². The number of rotatable bonds is 5. The van der Waals surface area contributed by atoms with E-state index in [9.17, 15) is 9.90 Å². The predicted molar refractivity (Wildman–Crippen MR) is 81.3 cm³/mol. The minimum absolute atomic E-state index is 0.110. The Hall–Kier alpha value is -1.75. The highest BCUT2D eigenvalue weighted by atomic mass is 16.5. The van der Waals surface area contributed by atoms with E-state index in [0.717, 1.165) is 11.3 Å². The molecule has 0 bridgehead atoms. The number of fused-ring (bicyclic) bond motifs is 1. The number of aliphatic hydroxyl groups is 1. The summed E-state index contributed by atoms with van der Waals surface area (Å²) in [5.74, 6) is 0.831. The van der Waals surface area contributed by atoms with Crippen molar-refractivity contribution >= 4 is 6.03 Å². The molecule has 1 aromatic rings. The summed E-state index contributed by atoms with van der Waals surface area (Å²) < 4.78 is 5.53. The van der Waals surface area contributed by atoms with Gasteiger partial charge in [-0.3, -0.25) is 0 Å². The highest BCUT2D eigenvalue weighted by Crippen LogP contribution is 2.31. The number of benzene rings is 1. The van der Waals surface area contributed by atoms with Crippen molar-refractivity contribution in [1.29, 1.82) is 0 Å². The van der Waals surface area contributed by atoms with E-state index in [1.807, 2.05) is 38.1 Å². The zero-order valence-electron chi connectivity index (χ0n) is 12.8. The molecule has 1 aliphatic heterocycles. The number of amides is 2. The van der Waals surface area contributed by atoms with Gasteiger partial charge in [0.25, 0.3) is 0 Å². The first-order valence-electron chi connectivity index (χ1n) is 7.31. The summed E-state index contributed by atoms with van der Waals surface area (Å²) >= 11 is 0. The minimum atomic E-state index is -0.375. The van der Waals surface area contributed by atoms with Gasteiger partial charge in [-0.15, -0.1) is 0 Å². The van der Waals surface area contributed by atoms with E-state index in [1.165, 1.54) is 0 Å². The van der Waals surface area contributed by atoms with E-state index in [0.29, 0.717) is 19.6 Å². The molecule has 0 aliphatic carbocycles. The first kappa shape index (κ1) is 15.6. The van der Waals surface area contributed by atoms with E-state index >= 15 is 0 Å². The van der Waals surface area contributed by atoms with Crippen LogP contribution >= 0.6 is 0 Å². The summed E-state index contributed by atoms with van der Waals surface area (Å²) in [5, 5.41) is 15.2. The highest BCUT2D eigenvalue weighted by molar-refractivity contribution is 5.74. The molecule has 0 saturated heterocycles. The van der Waals surface area contributed by atoms with Gasteiger partial charge in [-0.25, -0.2) is 4.79 Å². The number of hydrogen-bond acceptors (Lipinski definition) is 3. The number of carbonyl (C=O) groups excluding carboxylic acids is 1. The summed E-state index contributed by atoms with van der Waals surface area (Å²) in [6, 6.07) is 7.40. The molecule has 3 N–H and O–H groups in total. The normalized spacial score (nSPS) is 18.6. The number of urea groups is 1. The summed E-state index contributed by atoms with van der Waals surface area (Å²) in [6.07, 6.45) is 0.266. The molecule has 2 amide bonds. The van der Waals surface area contributed by atoms with E-state index in [4.69, 9.17) is 4.74 Å². The molecule has 1 heterocycles. The largest absolute Gasteiger partial charge is 0.491 e. The first-order chi connectivity index (χ1) is 9.87. The number of ether oxygens (including phenoxy) is 1. The summed E-state index contributed by atoms with van der Waals surface area (Å²) in [5.41, 5.74) is 0.867. The Kier molecular flexibility index (Phi) is 4.73. The molecular weight excluding hydrogens is 268 g/mol. The molecular formula is C16H24N2O3. The zero-order chi connectivity index (χ0) is 15.5. The Balaban J connectivity index is 1.84. The van der Waals surface area contributed by atoms with Gasteiger partial charge >= 0.3 is 6.03 Å². The summed E-state index contributed by atoms with van der Waals surface area (Å²) in [4.78, 5) is 12.0. The lowest BCUT2D eigenvalue weighted by atomic mass is 9.87.